The van der Waals surface area contributed by atoms with Gasteiger partial charge in [0.1, 0.15) is 5.82 Å². The Morgan fingerprint density at radius 3 is 2.71 bits per heavy atom. The van der Waals surface area contributed by atoms with E-state index in [1.54, 1.807) is 0 Å². The molecule has 1 amide bonds. The topological polar surface area (TPSA) is 85.1 Å². The molecule has 3 heterocycles. The van der Waals surface area contributed by atoms with Crippen LogP contribution in [-0.2, 0) is 11.2 Å². The molecule has 7 heteroatoms. The van der Waals surface area contributed by atoms with Crippen LogP contribution in [0.15, 0.2) is 4.79 Å². The number of aromatic nitrogens is 3. The summed E-state index contributed by atoms with van der Waals surface area (Å²) in [7, 11) is 0. The molecular formula is C17H29N5O2. The smallest absolute Gasteiger partial charge is 0.340 e. The molecule has 0 bridgehead atoms. The third-order valence-electron chi connectivity index (χ3n) is 5.10. The fraction of sp³-hybridized carbons (Fsp3) is 0.824. The number of hydrogen-bond donors (Lipinski definition) is 2. The van der Waals surface area contributed by atoms with E-state index >= 15 is 0 Å². The fourth-order valence-electron chi connectivity index (χ4n) is 4.24. The van der Waals surface area contributed by atoms with Crippen molar-refractivity contribution in [3.05, 3.63) is 16.3 Å². The maximum Gasteiger partial charge on any atom is 0.340 e. The minimum atomic E-state index is -0.360. The zero-order valence-corrected chi connectivity index (χ0v) is 15.0. The minimum absolute atomic E-state index is 0.0579. The monoisotopic (exact) mass is 335 g/mol. The minimum Gasteiger partial charge on any atom is -0.342 e. The quantitative estimate of drug-likeness (QED) is 0.863. The molecule has 1 aromatic rings. The summed E-state index contributed by atoms with van der Waals surface area (Å²) in [4.78, 5) is 30.7. The van der Waals surface area contributed by atoms with Crippen LogP contribution in [0.5, 0.6) is 0 Å². The second kappa shape index (κ2) is 6.35. The summed E-state index contributed by atoms with van der Waals surface area (Å²) < 4.78 is 0. The molecular weight excluding hydrogens is 306 g/mol. The van der Waals surface area contributed by atoms with Crippen LogP contribution >= 0.6 is 0 Å². The lowest BCUT2D eigenvalue weighted by atomic mass is 9.78. The highest BCUT2D eigenvalue weighted by Gasteiger charge is 2.43. The molecule has 2 aliphatic heterocycles. The highest BCUT2D eigenvalue weighted by molar-refractivity contribution is 5.78. The molecule has 1 spiro atoms. The maximum absolute atomic E-state index is 12.5. The molecule has 1 aromatic heterocycles. The van der Waals surface area contributed by atoms with Crippen molar-refractivity contribution < 1.29 is 4.79 Å². The number of piperidine rings is 1. The summed E-state index contributed by atoms with van der Waals surface area (Å²) in [5.41, 5.74) is 0.192. The first-order valence-corrected chi connectivity index (χ1v) is 8.89. The lowest BCUT2D eigenvalue weighted by Gasteiger charge is -2.42. The van der Waals surface area contributed by atoms with Crippen molar-refractivity contribution in [2.75, 3.05) is 32.7 Å². The predicted octanol–water partition coefficient (Wildman–Crippen LogP) is 1.00. The fourth-order valence-corrected chi connectivity index (χ4v) is 4.24. The zero-order valence-electron chi connectivity index (χ0n) is 15.0. The van der Waals surface area contributed by atoms with Gasteiger partial charge in [0.05, 0.1) is 6.42 Å². The zero-order chi connectivity index (χ0) is 17.4. The third-order valence-corrected chi connectivity index (χ3v) is 5.10. The number of carbonyl (C=O) groups excluding carboxylic acids is 1. The molecule has 2 fully saturated rings. The van der Waals surface area contributed by atoms with Gasteiger partial charge in [0, 0.05) is 31.6 Å². The molecule has 2 saturated heterocycles. The number of rotatable bonds is 3. The predicted molar refractivity (Wildman–Crippen MR) is 91.7 cm³/mol. The third kappa shape index (κ3) is 4.06. The number of amides is 1. The van der Waals surface area contributed by atoms with Gasteiger partial charge in [0.25, 0.3) is 0 Å². The van der Waals surface area contributed by atoms with Crippen LogP contribution < -0.4 is 5.69 Å². The molecule has 0 aromatic carbocycles. The standard InChI is InChI=1S/C17H29N5O2/c1-16(2,3)10-21-7-4-5-17(11-21)6-8-22(12-17)14(23)9-13-18-15(24)20-19-13/h4-12H2,1-3H3,(H2,18,19,20,24). The molecule has 2 N–H and O–H groups in total. The highest BCUT2D eigenvalue weighted by Crippen LogP contribution is 2.39. The van der Waals surface area contributed by atoms with Gasteiger partial charge in [0.15, 0.2) is 0 Å². The Morgan fingerprint density at radius 2 is 2.04 bits per heavy atom. The second-order valence-corrected chi connectivity index (χ2v) is 8.74. The van der Waals surface area contributed by atoms with Gasteiger partial charge in [-0.3, -0.25) is 9.78 Å². The van der Waals surface area contributed by atoms with Crippen molar-refractivity contribution in [1.82, 2.24) is 25.0 Å². The van der Waals surface area contributed by atoms with E-state index in [-0.39, 0.29) is 23.4 Å². The van der Waals surface area contributed by atoms with E-state index in [1.807, 2.05) is 4.90 Å². The summed E-state index contributed by atoms with van der Waals surface area (Å²) in [5, 5.41) is 6.15. The maximum atomic E-state index is 12.5. The summed E-state index contributed by atoms with van der Waals surface area (Å²) in [6.45, 7) is 11.9. The summed E-state index contributed by atoms with van der Waals surface area (Å²) in [6.07, 6.45) is 3.67. The van der Waals surface area contributed by atoms with E-state index in [4.69, 9.17) is 0 Å². The molecule has 7 nitrogen and oxygen atoms in total. The van der Waals surface area contributed by atoms with Crippen LogP contribution in [0.25, 0.3) is 0 Å². The highest BCUT2D eigenvalue weighted by atomic mass is 16.2. The summed E-state index contributed by atoms with van der Waals surface area (Å²) in [6, 6.07) is 0. The van der Waals surface area contributed by atoms with Crippen LogP contribution in [0, 0.1) is 10.8 Å². The van der Waals surface area contributed by atoms with Gasteiger partial charge in [-0.1, -0.05) is 20.8 Å². The number of nitrogens with one attached hydrogen (secondary N) is 2. The average molecular weight is 335 g/mol. The lowest BCUT2D eigenvalue weighted by molar-refractivity contribution is -0.130. The number of carbonyl (C=O) groups is 1. The number of nitrogens with zero attached hydrogens (tertiary/aromatic N) is 3. The van der Waals surface area contributed by atoms with Gasteiger partial charge in [-0.25, -0.2) is 9.89 Å². The first kappa shape index (κ1) is 17.2. The van der Waals surface area contributed by atoms with Crippen LogP contribution in [0.4, 0.5) is 0 Å². The summed E-state index contributed by atoms with van der Waals surface area (Å²) in [5.74, 6) is 0.478. The lowest BCUT2D eigenvalue weighted by Crippen LogP contribution is -2.47. The van der Waals surface area contributed by atoms with E-state index < -0.39 is 0 Å². The average Bonchev–Trinajstić information content (AvgIpc) is 3.04. The van der Waals surface area contributed by atoms with Crippen molar-refractivity contribution in [3.63, 3.8) is 0 Å². The number of likely N-dealkylation sites (tertiary alicyclic amines) is 2. The Balaban J connectivity index is 1.59. The Morgan fingerprint density at radius 1 is 1.25 bits per heavy atom. The summed E-state index contributed by atoms with van der Waals surface area (Å²) >= 11 is 0. The van der Waals surface area contributed by atoms with E-state index in [2.05, 4.69) is 40.9 Å². The molecule has 0 aliphatic carbocycles. The van der Waals surface area contributed by atoms with Crippen molar-refractivity contribution in [1.29, 1.82) is 0 Å². The van der Waals surface area contributed by atoms with Gasteiger partial charge in [-0.2, -0.15) is 5.10 Å². The van der Waals surface area contributed by atoms with E-state index in [0.717, 1.165) is 32.6 Å². The van der Waals surface area contributed by atoms with Crippen molar-refractivity contribution >= 4 is 5.91 Å². The molecule has 1 unspecified atom stereocenters. The molecule has 3 rings (SSSR count). The normalized spacial score (nSPS) is 25.5. The number of H-pyrrole nitrogens is 2. The molecule has 24 heavy (non-hydrogen) atoms. The van der Waals surface area contributed by atoms with Gasteiger partial charge in [0.2, 0.25) is 5.91 Å². The van der Waals surface area contributed by atoms with Crippen LogP contribution in [-0.4, -0.2) is 63.6 Å². The molecule has 134 valence electrons. The van der Waals surface area contributed by atoms with Crippen LogP contribution in [0.1, 0.15) is 45.9 Å². The van der Waals surface area contributed by atoms with E-state index in [0.29, 0.717) is 11.2 Å². The largest absolute Gasteiger partial charge is 0.342 e. The Hall–Kier alpha value is -1.63. The van der Waals surface area contributed by atoms with E-state index in [1.165, 1.54) is 19.4 Å². The first-order chi connectivity index (χ1) is 11.2. The first-order valence-electron chi connectivity index (χ1n) is 8.89. The number of hydrogen-bond acceptors (Lipinski definition) is 4. The Labute approximate surface area is 142 Å². The Kier molecular flexibility index (Phi) is 4.55. The molecule has 0 saturated carbocycles. The van der Waals surface area contributed by atoms with Crippen molar-refractivity contribution in [2.24, 2.45) is 10.8 Å². The van der Waals surface area contributed by atoms with Gasteiger partial charge < -0.3 is 9.80 Å². The van der Waals surface area contributed by atoms with E-state index in [9.17, 15) is 9.59 Å². The van der Waals surface area contributed by atoms with Crippen LogP contribution in [0.2, 0.25) is 0 Å². The van der Waals surface area contributed by atoms with Gasteiger partial charge in [-0.05, 0) is 31.2 Å². The molecule has 1 atom stereocenters. The molecule has 0 radical (unpaired) electrons. The van der Waals surface area contributed by atoms with Crippen molar-refractivity contribution in [2.45, 2.75) is 46.5 Å². The SMILES string of the molecule is CC(C)(C)CN1CCCC2(CCN(C(=O)Cc3n[nH]c(=O)[nH]3)C2)C1. The second-order valence-electron chi connectivity index (χ2n) is 8.74. The number of aromatic amines is 2. The van der Waals surface area contributed by atoms with Crippen LogP contribution in [0.3, 0.4) is 0 Å². The molecule has 2 aliphatic rings. The Bertz CT molecular complexity index is 644. The van der Waals surface area contributed by atoms with Crippen molar-refractivity contribution in [3.8, 4) is 0 Å². The van der Waals surface area contributed by atoms with Gasteiger partial charge >= 0.3 is 5.69 Å². The van der Waals surface area contributed by atoms with Gasteiger partial charge in [-0.15, -0.1) is 0 Å².